The second kappa shape index (κ2) is 6.49. The highest BCUT2D eigenvalue weighted by Crippen LogP contribution is 2.53. The summed E-state index contributed by atoms with van der Waals surface area (Å²) in [5.74, 6) is 2.88. The quantitative estimate of drug-likeness (QED) is 0.460. The predicted molar refractivity (Wildman–Crippen MR) is 120 cm³/mol. The van der Waals surface area contributed by atoms with Crippen LogP contribution in [0.3, 0.4) is 0 Å². The molecule has 0 aliphatic carbocycles. The molecule has 1 atom stereocenters. The zero-order chi connectivity index (χ0) is 22.9. The third-order valence-electron chi connectivity index (χ3n) is 6.34. The number of imidazole rings is 1. The minimum absolute atomic E-state index is 0.0356. The van der Waals surface area contributed by atoms with Gasteiger partial charge in [0.2, 0.25) is 11.8 Å². The molecule has 0 saturated heterocycles. The van der Waals surface area contributed by atoms with E-state index in [1.165, 1.54) is 17.3 Å². The fourth-order valence-electron chi connectivity index (χ4n) is 5.07. The lowest BCUT2D eigenvalue weighted by Crippen LogP contribution is -2.47. The standard InChI is InChI=1S/C23H18N8O2/c1-4-7-30-15-6-5-12(2)8-14(15)23(22(30)33)9-16(32)28-20-17(23)13(3)29-31(20)21-18-19(25-10-24-18)26-11-27-21/h1,5-6,8,10-11H,7,9H2,2-3H3,(H,28,32)(H,24,25,26,27). The average Bonchev–Trinajstić information content (AvgIpc) is 3.46. The van der Waals surface area contributed by atoms with E-state index < -0.39 is 5.41 Å². The van der Waals surface area contributed by atoms with E-state index in [2.05, 4.69) is 31.2 Å². The summed E-state index contributed by atoms with van der Waals surface area (Å²) in [4.78, 5) is 44.4. The van der Waals surface area contributed by atoms with Crippen molar-refractivity contribution in [2.24, 2.45) is 0 Å². The Bertz CT molecular complexity index is 1540. The predicted octanol–water partition coefficient (Wildman–Crippen LogP) is 1.76. The van der Waals surface area contributed by atoms with Gasteiger partial charge in [0, 0.05) is 17.7 Å². The average molecular weight is 438 g/mol. The van der Waals surface area contributed by atoms with Crippen molar-refractivity contribution in [3.8, 4) is 18.2 Å². The van der Waals surface area contributed by atoms with E-state index in [0.29, 0.717) is 39.7 Å². The number of amides is 2. The second-order valence-corrected chi connectivity index (χ2v) is 8.27. The number of aromatic amines is 1. The monoisotopic (exact) mass is 438 g/mol. The Morgan fingerprint density at radius 3 is 2.88 bits per heavy atom. The van der Waals surface area contributed by atoms with Crippen molar-refractivity contribution in [1.29, 1.82) is 0 Å². The number of carbonyl (C=O) groups excluding carboxylic acids is 2. The largest absolute Gasteiger partial charge is 0.340 e. The molecule has 10 nitrogen and oxygen atoms in total. The number of carbonyl (C=O) groups is 2. The van der Waals surface area contributed by atoms with Crippen LogP contribution in [0.1, 0.15) is 28.8 Å². The molecule has 1 aromatic carbocycles. The van der Waals surface area contributed by atoms with Crippen molar-refractivity contribution in [3.63, 3.8) is 0 Å². The van der Waals surface area contributed by atoms with Crippen LogP contribution in [-0.4, -0.2) is 48.1 Å². The molecule has 2 aliphatic heterocycles. The topological polar surface area (TPSA) is 122 Å². The van der Waals surface area contributed by atoms with Gasteiger partial charge in [0.15, 0.2) is 11.5 Å². The number of nitrogens with one attached hydrogen (secondary N) is 2. The first-order chi connectivity index (χ1) is 16.0. The molecule has 4 aromatic rings. The first-order valence-electron chi connectivity index (χ1n) is 10.4. The molecule has 2 amide bonds. The van der Waals surface area contributed by atoms with Crippen LogP contribution in [0.5, 0.6) is 0 Å². The lowest BCUT2D eigenvalue weighted by Gasteiger charge is -2.33. The van der Waals surface area contributed by atoms with Crippen molar-refractivity contribution in [2.45, 2.75) is 25.7 Å². The minimum atomic E-state index is -1.22. The lowest BCUT2D eigenvalue weighted by atomic mass is 9.70. The fourth-order valence-corrected chi connectivity index (χ4v) is 5.07. The molecular formula is C23H18N8O2. The summed E-state index contributed by atoms with van der Waals surface area (Å²) in [6.45, 7) is 3.90. The number of hydrogen-bond acceptors (Lipinski definition) is 6. The number of aromatic nitrogens is 6. The molecule has 6 rings (SSSR count). The zero-order valence-electron chi connectivity index (χ0n) is 17.9. The number of H-pyrrole nitrogens is 1. The number of benzene rings is 1. The molecule has 162 valence electrons. The smallest absolute Gasteiger partial charge is 0.243 e. The van der Waals surface area contributed by atoms with Gasteiger partial charge in [0.05, 0.1) is 18.6 Å². The molecule has 0 bridgehead atoms. The summed E-state index contributed by atoms with van der Waals surface area (Å²) in [7, 11) is 0. The number of nitrogens with zero attached hydrogens (tertiary/aromatic N) is 6. The molecule has 2 N–H and O–H groups in total. The molecule has 1 unspecified atom stereocenters. The normalized spacial score (nSPS) is 19.0. The number of terminal acetylenes is 1. The van der Waals surface area contributed by atoms with Gasteiger partial charge in [0.25, 0.3) is 0 Å². The number of hydrogen-bond donors (Lipinski definition) is 2. The molecule has 0 fully saturated rings. The number of anilines is 2. The molecule has 0 radical (unpaired) electrons. The summed E-state index contributed by atoms with van der Waals surface area (Å²) < 4.78 is 1.54. The molecule has 3 aromatic heterocycles. The third-order valence-corrected chi connectivity index (χ3v) is 6.34. The van der Waals surface area contributed by atoms with Crippen LogP contribution >= 0.6 is 0 Å². The van der Waals surface area contributed by atoms with Gasteiger partial charge in [-0.1, -0.05) is 23.6 Å². The van der Waals surface area contributed by atoms with Crippen LogP contribution in [0.4, 0.5) is 11.5 Å². The van der Waals surface area contributed by atoms with Crippen molar-refractivity contribution >= 4 is 34.5 Å². The van der Waals surface area contributed by atoms with Gasteiger partial charge < -0.3 is 10.3 Å². The Labute approximate surface area is 188 Å². The number of fused-ring (bicyclic) bond motifs is 5. The highest BCUT2D eigenvalue weighted by atomic mass is 16.2. The van der Waals surface area contributed by atoms with Crippen LogP contribution in [0, 0.1) is 26.2 Å². The Balaban J connectivity index is 1.67. The number of aryl methyl sites for hydroxylation is 2. The summed E-state index contributed by atoms with van der Waals surface area (Å²) in [6, 6.07) is 5.78. The van der Waals surface area contributed by atoms with Gasteiger partial charge in [-0.05, 0) is 25.5 Å². The highest BCUT2D eigenvalue weighted by Gasteiger charge is 2.58. The van der Waals surface area contributed by atoms with Gasteiger partial charge in [-0.3, -0.25) is 14.5 Å². The van der Waals surface area contributed by atoms with Gasteiger partial charge in [-0.15, -0.1) is 6.42 Å². The molecule has 33 heavy (non-hydrogen) atoms. The molecule has 1 spiro atoms. The van der Waals surface area contributed by atoms with Crippen molar-refractivity contribution in [1.82, 2.24) is 29.7 Å². The Hall–Kier alpha value is -4.52. The van der Waals surface area contributed by atoms with E-state index in [4.69, 9.17) is 11.5 Å². The van der Waals surface area contributed by atoms with Crippen LogP contribution in [0.2, 0.25) is 0 Å². The van der Waals surface area contributed by atoms with Crippen molar-refractivity contribution < 1.29 is 9.59 Å². The van der Waals surface area contributed by atoms with Gasteiger partial charge in [0.1, 0.15) is 23.1 Å². The van der Waals surface area contributed by atoms with E-state index in [0.717, 1.165) is 11.1 Å². The van der Waals surface area contributed by atoms with Crippen LogP contribution in [0.25, 0.3) is 17.0 Å². The Morgan fingerprint density at radius 2 is 2.06 bits per heavy atom. The number of rotatable bonds is 2. The minimum Gasteiger partial charge on any atom is -0.340 e. The molecule has 5 heterocycles. The molecular weight excluding hydrogens is 420 g/mol. The fraction of sp³-hybridized carbons (Fsp3) is 0.217. The maximum Gasteiger partial charge on any atom is 0.243 e. The van der Waals surface area contributed by atoms with Crippen LogP contribution < -0.4 is 10.2 Å². The van der Waals surface area contributed by atoms with Gasteiger partial charge >= 0.3 is 0 Å². The maximum absolute atomic E-state index is 14.0. The zero-order valence-corrected chi connectivity index (χ0v) is 17.9. The SMILES string of the molecule is C#CCN1C(=O)C2(CC(=O)Nc3c2c(C)nn3-c2ncnc3nc[nH]c23)c2cc(C)ccc21. The first-order valence-corrected chi connectivity index (χ1v) is 10.4. The third kappa shape index (κ3) is 2.39. The summed E-state index contributed by atoms with van der Waals surface area (Å²) in [5.41, 5.74) is 3.53. The van der Waals surface area contributed by atoms with Crippen LogP contribution in [0.15, 0.2) is 30.9 Å². The molecule has 2 aliphatic rings. The van der Waals surface area contributed by atoms with E-state index in [-0.39, 0.29) is 24.8 Å². The second-order valence-electron chi connectivity index (χ2n) is 8.27. The van der Waals surface area contributed by atoms with E-state index in [1.807, 2.05) is 32.0 Å². The Kier molecular flexibility index (Phi) is 3.77. The summed E-state index contributed by atoms with van der Waals surface area (Å²) in [5, 5.41) is 7.62. The Morgan fingerprint density at radius 1 is 1.21 bits per heavy atom. The van der Waals surface area contributed by atoms with Crippen molar-refractivity contribution in [3.05, 3.63) is 53.2 Å². The lowest BCUT2D eigenvalue weighted by molar-refractivity contribution is -0.126. The van der Waals surface area contributed by atoms with Crippen molar-refractivity contribution in [2.75, 3.05) is 16.8 Å². The van der Waals surface area contributed by atoms with E-state index >= 15 is 0 Å². The summed E-state index contributed by atoms with van der Waals surface area (Å²) >= 11 is 0. The molecule has 0 saturated carbocycles. The maximum atomic E-state index is 14.0. The van der Waals surface area contributed by atoms with Crippen LogP contribution in [-0.2, 0) is 15.0 Å². The highest BCUT2D eigenvalue weighted by molar-refractivity contribution is 6.16. The molecule has 10 heteroatoms. The first kappa shape index (κ1) is 19.2. The van der Waals surface area contributed by atoms with Gasteiger partial charge in [-0.25, -0.2) is 15.0 Å². The summed E-state index contributed by atoms with van der Waals surface area (Å²) in [6.07, 6.45) is 8.45. The van der Waals surface area contributed by atoms with Gasteiger partial charge in [-0.2, -0.15) is 9.78 Å². The van der Waals surface area contributed by atoms with E-state index in [9.17, 15) is 9.59 Å². The van der Waals surface area contributed by atoms with E-state index in [1.54, 1.807) is 4.90 Å².